The first kappa shape index (κ1) is 16.2. The highest BCUT2D eigenvalue weighted by atomic mass is 19.1. The second kappa shape index (κ2) is 7.29. The summed E-state index contributed by atoms with van der Waals surface area (Å²) >= 11 is 0. The number of aromatic nitrogens is 1. The number of halogens is 1. The lowest BCUT2D eigenvalue weighted by Gasteiger charge is -2.22. The van der Waals surface area contributed by atoms with E-state index in [-0.39, 0.29) is 17.6 Å². The Morgan fingerprint density at radius 1 is 1.00 bits per heavy atom. The Hall–Kier alpha value is -2.63. The number of hydrogen-bond acceptors (Lipinski definition) is 2. The molecule has 0 atom stereocenters. The minimum Gasteiger partial charge on any atom is -0.365 e. The van der Waals surface area contributed by atoms with E-state index in [9.17, 15) is 14.0 Å². The largest absolute Gasteiger partial charge is 0.365 e. The van der Waals surface area contributed by atoms with Gasteiger partial charge in [0.1, 0.15) is 5.82 Å². The molecule has 3 rings (SSSR count). The van der Waals surface area contributed by atoms with Gasteiger partial charge in [-0.25, -0.2) is 4.39 Å². The maximum absolute atomic E-state index is 13.0. The van der Waals surface area contributed by atoms with Crippen LogP contribution in [-0.2, 0) is 11.2 Å². The van der Waals surface area contributed by atoms with E-state index in [4.69, 9.17) is 0 Å². The second-order valence-corrected chi connectivity index (χ2v) is 5.91. The molecule has 126 valence electrons. The lowest BCUT2D eigenvalue weighted by atomic mass is 10.2. The molecule has 5 nitrogen and oxygen atoms in total. The number of H-pyrrole nitrogens is 1. The van der Waals surface area contributed by atoms with Crippen LogP contribution in [0.15, 0.2) is 42.6 Å². The molecular weight excluding hydrogens is 309 g/mol. The number of benzene rings is 1. The average molecular weight is 329 g/mol. The van der Waals surface area contributed by atoms with Crippen LogP contribution in [-0.4, -0.2) is 52.8 Å². The smallest absolute Gasteiger partial charge is 0.253 e. The van der Waals surface area contributed by atoms with Crippen LogP contribution in [0.2, 0.25) is 0 Å². The number of rotatable bonds is 3. The molecule has 1 aliphatic rings. The van der Waals surface area contributed by atoms with Gasteiger partial charge >= 0.3 is 0 Å². The summed E-state index contributed by atoms with van der Waals surface area (Å²) in [6, 6.07) is 9.33. The van der Waals surface area contributed by atoms with Gasteiger partial charge in [-0.3, -0.25) is 9.59 Å². The van der Waals surface area contributed by atoms with Crippen molar-refractivity contribution >= 4 is 11.8 Å². The Morgan fingerprint density at radius 3 is 2.42 bits per heavy atom. The van der Waals surface area contributed by atoms with Gasteiger partial charge in [0.2, 0.25) is 5.91 Å². The minimum absolute atomic E-state index is 0.0635. The van der Waals surface area contributed by atoms with Crippen LogP contribution in [0.1, 0.15) is 22.5 Å². The normalized spacial score (nSPS) is 15.2. The molecule has 2 aromatic rings. The van der Waals surface area contributed by atoms with Gasteiger partial charge in [-0.15, -0.1) is 0 Å². The first-order valence-corrected chi connectivity index (χ1v) is 8.08. The summed E-state index contributed by atoms with van der Waals surface area (Å²) in [5, 5.41) is 0. The van der Waals surface area contributed by atoms with E-state index in [1.165, 1.54) is 24.3 Å². The van der Waals surface area contributed by atoms with Crippen LogP contribution in [0, 0.1) is 5.82 Å². The molecule has 0 aliphatic carbocycles. The van der Waals surface area contributed by atoms with E-state index in [2.05, 4.69) is 4.98 Å². The first-order valence-electron chi connectivity index (χ1n) is 8.08. The molecule has 0 spiro atoms. The fourth-order valence-electron chi connectivity index (χ4n) is 2.90. The zero-order valence-electron chi connectivity index (χ0n) is 13.4. The van der Waals surface area contributed by atoms with Gasteiger partial charge in [-0.05, 0) is 42.8 Å². The van der Waals surface area contributed by atoms with Crippen molar-refractivity contribution < 1.29 is 14.0 Å². The monoisotopic (exact) mass is 329 g/mol. The summed E-state index contributed by atoms with van der Waals surface area (Å²) in [5.74, 6) is -0.411. The van der Waals surface area contributed by atoms with Gasteiger partial charge in [0.15, 0.2) is 0 Å². The van der Waals surface area contributed by atoms with Gasteiger partial charge in [0, 0.05) is 43.6 Å². The van der Waals surface area contributed by atoms with Crippen LogP contribution in [0.3, 0.4) is 0 Å². The first-order chi connectivity index (χ1) is 11.6. The molecule has 2 amide bonds. The fourth-order valence-corrected chi connectivity index (χ4v) is 2.90. The van der Waals surface area contributed by atoms with E-state index in [1.54, 1.807) is 16.0 Å². The highest BCUT2D eigenvalue weighted by Gasteiger charge is 2.23. The molecule has 0 radical (unpaired) electrons. The zero-order chi connectivity index (χ0) is 16.9. The van der Waals surface area contributed by atoms with Gasteiger partial charge in [0.25, 0.3) is 5.91 Å². The van der Waals surface area contributed by atoms with Crippen LogP contribution >= 0.6 is 0 Å². The number of hydrogen-bond donors (Lipinski definition) is 1. The molecule has 0 saturated carbocycles. The molecule has 24 heavy (non-hydrogen) atoms. The third-order valence-corrected chi connectivity index (χ3v) is 4.23. The Kier molecular flexibility index (Phi) is 4.93. The maximum Gasteiger partial charge on any atom is 0.253 e. The van der Waals surface area contributed by atoms with Crippen molar-refractivity contribution in [1.29, 1.82) is 0 Å². The summed E-state index contributed by atoms with van der Waals surface area (Å²) in [4.78, 5) is 31.4. The molecule has 1 N–H and O–H groups in total. The van der Waals surface area contributed by atoms with Gasteiger partial charge < -0.3 is 14.8 Å². The number of nitrogens with one attached hydrogen (secondary N) is 1. The van der Waals surface area contributed by atoms with Crippen molar-refractivity contribution in [3.05, 3.63) is 59.7 Å². The standard InChI is InChI=1S/C18H20FN3O2/c19-15-6-4-14(5-7-15)18(24)22-10-2-9-21(11-12-22)17(23)13-16-3-1-8-20-16/h1,3-8,20H,2,9-13H2. The van der Waals surface area contributed by atoms with Crippen LogP contribution in [0.5, 0.6) is 0 Å². The number of amides is 2. The van der Waals surface area contributed by atoms with Gasteiger partial charge in [-0.2, -0.15) is 0 Å². The molecule has 2 heterocycles. The van der Waals surface area contributed by atoms with Crippen LogP contribution in [0.4, 0.5) is 4.39 Å². The number of aromatic amines is 1. The Bertz CT molecular complexity index is 698. The predicted molar refractivity (Wildman–Crippen MR) is 88.0 cm³/mol. The predicted octanol–water partition coefficient (Wildman–Crippen LogP) is 2.07. The van der Waals surface area contributed by atoms with E-state index in [1.807, 2.05) is 12.1 Å². The summed E-state index contributed by atoms with van der Waals surface area (Å²) in [5.41, 5.74) is 1.37. The third kappa shape index (κ3) is 3.82. The number of nitrogens with zero attached hydrogens (tertiary/aromatic N) is 2. The van der Waals surface area contributed by atoms with Gasteiger partial charge in [0.05, 0.1) is 6.42 Å². The summed E-state index contributed by atoms with van der Waals surface area (Å²) in [7, 11) is 0. The van der Waals surface area contributed by atoms with Crippen LogP contribution < -0.4 is 0 Å². The zero-order valence-corrected chi connectivity index (χ0v) is 13.4. The Labute approximate surface area is 140 Å². The summed E-state index contributed by atoms with van der Waals surface area (Å²) in [6.45, 7) is 2.26. The molecule has 0 bridgehead atoms. The minimum atomic E-state index is -0.358. The quantitative estimate of drug-likeness (QED) is 0.937. The summed E-state index contributed by atoms with van der Waals surface area (Å²) < 4.78 is 13.0. The number of carbonyl (C=O) groups is 2. The summed E-state index contributed by atoms with van der Waals surface area (Å²) in [6.07, 6.45) is 2.89. The SMILES string of the molecule is O=C(Cc1ccc[nH]1)N1CCCN(C(=O)c2ccc(F)cc2)CC1. The average Bonchev–Trinajstić information content (AvgIpc) is 2.96. The molecule has 1 aromatic heterocycles. The van der Waals surface area contributed by atoms with Crippen LogP contribution in [0.25, 0.3) is 0 Å². The molecule has 1 fully saturated rings. The van der Waals surface area contributed by atoms with E-state index in [0.717, 1.165) is 12.1 Å². The highest BCUT2D eigenvalue weighted by molar-refractivity contribution is 5.94. The van der Waals surface area contributed by atoms with Crippen molar-refractivity contribution in [2.45, 2.75) is 12.8 Å². The van der Waals surface area contributed by atoms with E-state index >= 15 is 0 Å². The Balaban J connectivity index is 1.59. The molecule has 1 aliphatic heterocycles. The molecule has 1 aromatic carbocycles. The molecule has 1 saturated heterocycles. The third-order valence-electron chi connectivity index (χ3n) is 4.23. The van der Waals surface area contributed by atoms with E-state index < -0.39 is 0 Å². The van der Waals surface area contributed by atoms with Crippen molar-refractivity contribution in [2.75, 3.05) is 26.2 Å². The van der Waals surface area contributed by atoms with Crippen molar-refractivity contribution in [3.8, 4) is 0 Å². The lowest BCUT2D eigenvalue weighted by Crippen LogP contribution is -2.38. The topological polar surface area (TPSA) is 56.4 Å². The van der Waals surface area contributed by atoms with Gasteiger partial charge in [-0.1, -0.05) is 0 Å². The lowest BCUT2D eigenvalue weighted by molar-refractivity contribution is -0.130. The highest BCUT2D eigenvalue weighted by Crippen LogP contribution is 2.11. The fraction of sp³-hybridized carbons (Fsp3) is 0.333. The molecule has 0 unspecified atom stereocenters. The van der Waals surface area contributed by atoms with Crippen molar-refractivity contribution in [3.63, 3.8) is 0 Å². The second-order valence-electron chi connectivity index (χ2n) is 5.91. The van der Waals surface area contributed by atoms with Crippen molar-refractivity contribution in [2.24, 2.45) is 0 Å². The molecular formula is C18H20FN3O2. The molecule has 6 heteroatoms. The van der Waals surface area contributed by atoms with E-state index in [0.29, 0.717) is 38.2 Å². The Morgan fingerprint density at radius 2 is 1.71 bits per heavy atom. The maximum atomic E-state index is 13.0. The van der Waals surface area contributed by atoms with Crippen molar-refractivity contribution in [1.82, 2.24) is 14.8 Å². The number of carbonyl (C=O) groups excluding carboxylic acids is 2.